The normalized spacial score (nSPS) is 14.9. The van der Waals surface area contributed by atoms with Crippen LogP contribution in [-0.4, -0.2) is 88.0 Å². The van der Waals surface area contributed by atoms with Crippen molar-refractivity contribution < 1.29 is 38.8 Å². The Morgan fingerprint density at radius 1 is 1.19 bits per heavy atom. The maximum Gasteiger partial charge on any atom is 0.328 e. The van der Waals surface area contributed by atoms with Gasteiger partial charge in [0.1, 0.15) is 12.7 Å². The van der Waals surface area contributed by atoms with Crippen molar-refractivity contribution in [2.24, 2.45) is 0 Å². The summed E-state index contributed by atoms with van der Waals surface area (Å²) in [4.78, 5) is 32.5. The molecule has 0 aliphatic carbocycles. The van der Waals surface area contributed by atoms with Gasteiger partial charge in [-0.1, -0.05) is 0 Å². The number of carbonyl (C=O) groups excluding carboxylic acids is 1. The van der Waals surface area contributed by atoms with Crippen molar-refractivity contribution in [1.29, 1.82) is 0 Å². The molecule has 0 amide bonds. The molecule has 0 radical (unpaired) electrons. The number of aromatic nitrogens is 2. The highest BCUT2D eigenvalue weighted by atomic mass is 32.1. The summed E-state index contributed by atoms with van der Waals surface area (Å²) in [5.41, 5.74) is -0.0699. The average Bonchev–Trinajstić information content (AvgIpc) is 3.17. The largest absolute Gasteiger partial charge is 0.478 e. The Labute approximate surface area is 190 Å². The predicted octanol–water partition coefficient (Wildman–Crippen LogP) is 0.785. The average molecular weight is 475 g/mol. The summed E-state index contributed by atoms with van der Waals surface area (Å²) in [6.45, 7) is 11.2. The van der Waals surface area contributed by atoms with E-state index in [-0.39, 0.29) is 24.2 Å². The predicted molar refractivity (Wildman–Crippen MR) is 116 cm³/mol. The van der Waals surface area contributed by atoms with Gasteiger partial charge in [-0.15, -0.1) is 4.37 Å². The molecule has 1 aliphatic heterocycles. The summed E-state index contributed by atoms with van der Waals surface area (Å²) >= 11 is 1.11. The molecule has 0 spiro atoms. The van der Waals surface area contributed by atoms with Crippen LogP contribution in [0.3, 0.4) is 0 Å². The monoisotopic (exact) mass is 474 g/mol. The molecule has 1 fully saturated rings. The fourth-order valence-electron chi connectivity index (χ4n) is 2.34. The van der Waals surface area contributed by atoms with Crippen LogP contribution in [-0.2, 0) is 23.9 Å². The van der Waals surface area contributed by atoms with Crippen molar-refractivity contribution in [3.8, 4) is 5.88 Å². The fourth-order valence-corrected chi connectivity index (χ4v) is 2.86. The molecule has 1 aromatic heterocycles. The van der Waals surface area contributed by atoms with Gasteiger partial charge < -0.3 is 34.6 Å². The van der Waals surface area contributed by atoms with E-state index >= 15 is 0 Å². The van der Waals surface area contributed by atoms with Gasteiger partial charge in [-0.25, -0.2) is 9.59 Å². The Morgan fingerprint density at radius 3 is 2.28 bits per heavy atom. The van der Waals surface area contributed by atoms with Crippen molar-refractivity contribution >= 4 is 35.5 Å². The number of aliphatic carboxylic acids is 2. The number of rotatable bonds is 9. The van der Waals surface area contributed by atoms with Crippen LogP contribution < -0.4 is 15.0 Å². The van der Waals surface area contributed by atoms with Gasteiger partial charge in [-0.3, -0.25) is 4.79 Å². The van der Waals surface area contributed by atoms with E-state index < -0.39 is 11.9 Å². The quantitative estimate of drug-likeness (QED) is 0.341. The molecular weight excluding hydrogens is 444 g/mol. The molecule has 180 valence electrons. The van der Waals surface area contributed by atoms with Crippen LogP contribution in [0.25, 0.3) is 0 Å². The fraction of sp³-hybridized carbons (Fsp3) is 0.632. The van der Waals surface area contributed by atoms with Gasteiger partial charge in [0, 0.05) is 44.2 Å². The van der Waals surface area contributed by atoms with E-state index in [2.05, 4.69) is 39.7 Å². The maximum absolute atomic E-state index is 11.3. The minimum Gasteiger partial charge on any atom is -0.478 e. The van der Waals surface area contributed by atoms with Crippen LogP contribution in [0.15, 0.2) is 12.2 Å². The molecule has 0 saturated carbocycles. The van der Waals surface area contributed by atoms with E-state index in [1.165, 1.54) is 6.92 Å². The second-order valence-electron chi connectivity index (χ2n) is 7.68. The molecule has 32 heavy (non-hydrogen) atoms. The molecule has 1 aromatic rings. The van der Waals surface area contributed by atoms with Gasteiger partial charge in [0.15, 0.2) is 0 Å². The Bertz CT molecular complexity index is 756. The minimum absolute atomic E-state index is 0.0699. The third-order valence-corrected chi connectivity index (χ3v) is 4.22. The summed E-state index contributed by atoms with van der Waals surface area (Å²) < 4.78 is 25.0. The smallest absolute Gasteiger partial charge is 0.328 e. The van der Waals surface area contributed by atoms with Crippen LogP contribution in [0, 0.1) is 0 Å². The topological polar surface area (TPSA) is 160 Å². The van der Waals surface area contributed by atoms with Crippen LogP contribution in [0.4, 0.5) is 5.82 Å². The molecule has 1 aliphatic rings. The van der Waals surface area contributed by atoms with Gasteiger partial charge in [-0.05, 0) is 20.8 Å². The first-order valence-corrected chi connectivity index (χ1v) is 10.5. The third kappa shape index (κ3) is 12.2. The lowest BCUT2D eigenvalue weighted by Crippen LogP contribution is -2.44. The number of carbonyl (C=O) groups is 3. The van der Waals surface area contributed by atoms with E-state index in [1.54, 1.807) is 0 Å². The van der Waals surface area contributed by atoms with Crippen LogP contribution >= 0.6 is 11.7 Å². The molecule has 0 aromatic carbocycles. The van der Waals surface area contributed by atoms with Crippen LogP contribution in [0.5, 0.6) is 5.88 Å². The first-order chi connectivity index (χ1) is 15.0. The van der Waals surface area contributed by atoms with Gasteiger partial charge in [-0.2, -0.15) is 4.37 Å². The zero-order valence-corrected chi connectivity index (χ0v) is 19.4. The second-order valence-corrected chi connectivity index (χ2v) is 8.20. The first kappa shape index (κ1) is 27.3. The Hall–Kier alpha value is -2.77. The van der Waals surface area contributed by atoms with Crippen molar-refractivity contribution in [3.63, 3.8) is 0 Å². The summed E-state index contributed by atoms with van der Waals surface area (Å²) in [7, 11) is 0. The Kier molecular flexibility index (Phi) is 11.6. The summed E-state index contributed by atoms with van der Waals surface area (Å²) in [5, 5.41) is 18.9. The lowest BCUT2D eigenvalue weighted by molar-refractivity contribution is -0.147. The molecular formula is C19H30N4O8S. The second kappa shape index (κ2) is 13.6. The van der Waals surface area contributed by atoms with Gasteiger partial charge in [0.05, 0.1) is 24.9 Å². The van der Waals surface area contributed by atoms with E-state index in [1.807, 2.05) is 0 Å². The van der Waals surface area contributed by atoms with Crippen LogP contribution in [0.1, 0.15) is 27.7 Å². The molecule has 1 saturated heterocycles. The molecule has 2 rings (SSSR count). The molecule has 13 heteroatoms. The number of nitrogens with one attached hydrogen (secondary N) is 1. The summed E-state index contributed by atoms with van der Waals surface area (Å²) in [6, 6.07) is 0. The summed E-state index contributed by atoms with van der Waals surface area (Å²) in [5.74, 6) is -1.63. The van der Waals surface area contributed by atoms with E-state index in [0.29, 0.717) is 37.8 Å². The number of esters is 1. The standard InChI is InChI=1S/C15H26N4O4S.C4H4O4/c1-11(20)23-12(9-16-15(2,3)4)10-22-14-13(17-24-18-14)19-5-7-21-8-6-19;5-3(6)1-2-4(7)8/h12,16H,5-10H2,1-4H3;1-2H,(H,5,6)(H,7,8)/b;2-1-. The number of hydrogen-bond donors (Lipinski definition) is 3. The minimum atomic E-state index is -1.26. The van der Waals surface area contributed by atoms with Gasteiger partial charge in [0.2, 0.25) is 5.82 Å². The van der Waals surface area contributed by atoms with Crippen molar-refractivity contribution in [2.45, 2.75) is 39.3 Å². The van der Waals surface area contributed by atoms with Crippen molar-refractivity contribution in [1.82, 2.24) is 14.1 Å². The first-order valence-electron chi connectivity index (χ1n) is 9.82. The number of hydrogen-bond acceptors (Lipinski definition) is 11. The highest BCUT2D eigenvalue weighted by Gasteiger charge is 2.22. The molecule has 0 bridgehead atoms. The molecule has 1 atom stereocenters. The van der Waals surface area contributed by atoms with Crippen molar-refractivity contribution in [3.05, 3.63) is 12.2 Å². The highest BCUT2D eigenvalue weighted by Crippen LogP contribution is 2.26. The van der Waals surface area contributed by atoms with E-state index in [0.717, 1.165) is 30.6 Å². The maximum atomic E-state index is 11.3. The van der Waals surface area contributed by atoms with Gasteiger partial charge >= 0.3 is 17.9 Å². The zero-order chi connectivity index (χ0) is 24.1. The number of nitrogens with zero attached hydrogens (tertiary/aromatic N) is 3. The third-order valence-electron chi connectivity index (χ3n) is 3.72. The van der Waals surface area contributed by atoms with Crippen LogP contribution in [0.2, 0.25) is 0 Å². The number of ether oxygens (including phenoxy) is 3. The molecule has 3 N–H and O–H groups in total. The Balaban J connectivity index is 0.000000547. The lowest BCUT2D eigenvalue weighted by Gasteiger charge is -2.27. The van der Waals surface area contributed by atoms with Gasteiger partial charge in [0.25, 0.3) is 5.88 Å². The number of carboxylic acid groups (broad SMARTS) is 2. The number of morpholine rings is 1. The molecule has 2 heterocycles. The SMILES string of the molecule is CC(=O)OC(CNC(C)(C)C)COc1nsnc1N1CCOCC1.O=C(O)/C=C\C(=O)O. The number of anilines is 1. The Morgan fingerprint density at radius 2 is 1.78 bits per heavy atom. The zero-order valence-electron chi connectivity index (χ0n) is 18.6. The van der Waals surface area contributed by atoms with E-state index in [9.17, 15) is 14.4 Å². The number of carboxylic acids is 2. The summed E-state index contributed by atoms with van der Waals surface area (Å²) in [6.07, 6.45) is 0.728. The lowest BCUT2D eigenvalue weighted by atomic mass is 10.1. The highest BCUT2D eigenvalue weighted by molar-refractivity contribution is 6.99. The van der Waals surface area contributed by atoms with Crippen molar-refractivity contribution in [2.75, 3.05) is 44.4 Å². The molecule has 12 nitrogen and oxygen atoms in total. The molecule has 1 unspecified atom stereocenters. The van der Waals surface area contributed by atoms with E-state index in [4.69, 9.17) is 24.4 Å².